The molecular weight excluding hydrogens is 148 g/mol. The topological polar surface area (TPSA) is 17.1 Å². The monoisotopic (exact) mass is 158 g/mol. The third-order valence-electron chi connectivity index (χ3n) is 2.00. The quantitative estimate of drug-likeness (QED) is 0.423. The second-order valence-corrected chi connectivity index (χ2v) is 3.33. The summed E-state index contributed by atoms with van der Waals surface area (Å²) in [5.74, 6) is 0. The van der Waals surface area contributed by atoms with Crippen molar-refractivity contribution in [2.75, 3.05) is 0 Å². The summed E-state index contributed by atoms with van der Waals surface area (Å²) < 4.78 is 0. The van der Waals surface area contributed by atoms with Crippen molar-refractivity contribution >= 4 is 16.8 Å². The number of carbonyl (C=O) groups is 1. The van der Waals surface area contributed by atoms with Gasteiger partial charge in [-0.15, -0.1) is 0 Å². The number of rotatable bonds is 1. The summed E-state index contributed by atoms with van der Waals surface area (Å²) in [6, 6.07) is 0. The van der Waals surface area contributed by atoms with E-state index in [1.165, 1.54) is 0 Å². The zero-order chi connectivity index (χ0) is 7.61. The lowest BCUT2D eigenvalue weighted by Gasteiger charge is -2.23. The zero-order valence-electron chi connectivity index (χ0n) is 6.06. The highest BCUT2D eigenvalue weighted by molar-refractivity contribution is 6.64. The first-order chi connectivity index (χ1) is 4.65. The Morgan fingerprint density at radius 2 is 2.40 bits per heavy atom. The van der Waals surface area contributed by atoms with Crippen molar-refractivity contribution in [3.8, 4) is 0 Å². The van der Waals surface area contributed by atoms with E-state index in [1.54, 1.807) is 0 Å². The van der Waals surface area contributed by atoms with Gasteiger partial charge in [-0.3, -0.25) is 4.79 Å². The number of allylic oxidation sites excluding steroid dienone is 2. The van der Waals surface area contributed by atoms with E-state index in [0.717, 1.165) is 19.3 Å². The van der Waals surface area contributed by atoms with Gasteiger partial charge in [0.15, 0.2) is 0 Å². The third-order valence-corrected chi connectivity index (χ3v) is 2.43. The smallest absolute Gasteiger partial charge is 0.231 e. The van der Waals surface area contributed by atoms with Gasteiger partial charge in [0.25, 0.3) is 0 Å². The van der Waals surface area contributed by atoms with Gasteiger partial charge in [-0.1, -0.05) is 12.2 Å². The second-order valence-electron chi connectivity index (χ2n) is 2.99. The fourth-order valence-electron chi connectivity index (χ4n) is 1.18. The molecule has 0 radical (unpaired) electrons. The lowest BCUT2D eigenvalue weighted by molar-refractivity contribution is -0.118. The highest BCUT2D eigenvalue weighted by atomic mass is 35.5. The summed E-state index contributed by atoms with van der Waals surface area (Å²) in [7, 11) is 0. The highest BCUT2D eigenvalue weighted by Crippen LogP contribution is 2.32. The molecule has 0 heterocycles. The van der Waals surface area contributed by atoms with Crippen LogP contribution in [0.4, 0.5) is 0 Å². The number of hydrogen-bond donors (Lipinski definition) is 0. The standard InChI is InChI=1S/C8H11ClO/c1-8(7(9)10)5-3-2-4-6-8/h3,5H,2,4,6H2,1H3. The fraction of sp³-hybridized carbons (Fsp3) is 0.625. The molecule has 0 bridgehead atoms. The molecule has 1 nitrogen and oxygen atoms in total. The minimum absolute atomic E-state index is 0.233. The first-order valence-corrected chi connectivity index (χ1v) is 3.90. The van der Waals surface area contributed by atoms with Crippen molar-refractivity contribution < 1.29 is 4.79 Å². The molecule has 0 spiro atoms. The average Bonchev–Trinajstić information content (AvgIpc) is 1.89. The molecule has 0 amide bonds. The maximum absolute atomic E-state index is 10.8. The lowest BCUT2D eigenvalue weighted by atomic mass is 9.82. The Labute approximate surface area is 66.1 Å². The van der Waals surface area contributed by atoms with Gasteiger partial charge in [-0.2, -0.15) is 0 Å². The predicted molar refractivity (Wildman–Crippen MR) is 42.0 cm³/mol. The lowest BCUT2D eigenvalue weighted by Crippen LogP contribution is -2.22. The molecule has 1 rings (SSSR count). The minimum atomic E-state index is -0.375. The third kappa shape index (κ3) is 1.40. The van der Waals surface area contributed by atoms with E-state index in [0.29, 0.717) is 0 Å². The molecular formula is C8H11ClO. The summed E-state index contributed by atoms with van der Waals surface area (Å²) in [6.45, 7) is 1.89. The van der Waals surface area contributed by atoms with Gasteiger partial charge < -0.3 is 0 Å². The van der Waals surface area contributed by atoms with E-state index in [-0.39, 0.29) is 10.7 Å². The van der Waals surface area contributed by atoms with E-state index in [9.17, 15) is 4.79 Å². The average molecular weight is 159 g/mol. The molecule has 1 aliphatic rings. The summed E-state index contributed by atoms with van der Waals surface area (Å²) in [5.41, 5.74) is -0.375. The van der Waals surface area contributed by atoms with E-state index in [2.05, 4.69) is 0 Å². The molecule has 0 aliphatic heterocycles. The van der Waals surface area contributed by atoms with Gasteiger partial charge in [-0.25, -0.2) is 0 Å². The van der Waals surface area contributed by atoms with Crippen molar-refractivity contribution in [3.05, 3.63) is 12.2 Å². The maximum atomic E-state index is 10.8. The normalized spacial score (nSPS) is 32.2. The summed E-state index contributed by atoms with van der Waals surface area (Å²) in [5, 5.41) is -0.233. The molecule has 1 atom stereocenters. The van der Waals surface area contributed by atoms with Crippen LogP contribution in [0.1, 0.15) is 26.2 Å². The Morgan fingerprint density at radius 3 is 2.70 bits per heavy atom. The predicted octanol–water partition coefficient (Wildman–Crippen LogP) is 2.50. The largest absolute Gasteiger partial charge is 0.280 e. The van der Waals surface area contributed by atoms with E-state index in [1.807, 2.05) is 19.1 Å². The summed E-state index contributed by atoms with van der Waals surface area (Å²) in [6.07, 6.45) is 7.01. The van der Waals surface area contributed by atoms with Crippen LogP contribution >= 0.6 is 11.6 Å². The molecule has 1 aliphatic carbocycles. The van der Waals surface area contributed by atoms with Crippen molar-refractivity contribution in [3.63, 3.8) is 0 Å². The Kier molecular flexibility index (Phi) is 2.14. The van der Waals surface area contributed by atoms with Gasteiger partial charge in [0.2, 0.25) is 5.24 Å². The molecule has 0 aromatic heterocycles. The van der Waals surface area contributed by atoms with E-state index in [4.69, 9.17) is 11.6 Å². The van der Waals surface area contributed by atoms with Crippen LogP contribution in [-0.4, -0.2) is 5.24 Å². The van der Waals surface area contributed by atoms with E-state index >= 15 is 0 Å². The maximum Gasteiger partial charge on any atom is 0.231 e. The molecule has 0 saturated heterocycles. The Morgan fingerprint density at radius 1 is 1.70 bits per heavy atom. The molecule has 0 aromatic carbocycles. The van der Waals surface area contributed by atoms with Gasteiger partial charge in [0.1, 0.15) is 0 Å². The van der Waals surface area contributed by atoms with Crippen molar-refractivity contribution in [2.45, 2.75) is 26.2 Å². The number of carbonyl (C=O) groups excluding carboxylic acids is 1. The van der Waals surface area contributed by atoms with Crippen LogP contribution in [0.15, 0.2) is 12.2 Å². The minimum Gasteiger partial charge on any atom is -0.280 e. The highest BCUT2D eigenvalue weighted by Gasteiger charge is 2.29. The van der Waals surface area contributed by atoms with Crippen LogP contribution in [-0.2, 0) is 4.79 Å². The van der Waals surface area contributed by atoms with Crippen LogP contribution in [0.2, 0.25) is 0 Å². The van der Waals surface area contributed by atoms with Gasteiger partial charge in [0, 0.05) is 0 Å². The Hall–Kier alpha value is -0.300. The van der Waals surface area contributed by atoms with Crippen molar-refractivity contribution in [2.24, 2.45) is 5.41 Å². The van der Waals surface area contributed by atoms with Gasteiger partial charge >= 0.3 is 0 Å². The SMILES string of the molecule is CC1(C(=O)Cl)C=CCCC1. The fourth-order valence-corrected chi connectivity index (χ4v) is 1.34. The van der Waals surface area contributed by atoms with Gasteiger partial charge in [0.05, 0.1) is 5.41 Å². The van der Waals surface area contributed by atoms with Crippen LogP contribution in [0.5, 0.6) is 0 Å². The Balaban J connectivity index is 2.75. The molecule has 0 saturated carbocycles. The van der Waals surface area contributed by atoms with Crippen LogP contribution in [0.3, 0.4) is 0 Å². The molecule has 56 valence electrons. The van der Waals surface area contributed by atoms with Crippen molar-refractivity contribution in [1.29, 1.82) is 0 Å². The number of hydrogen-bond acceptors (Lipinski definition) is 1. The Bertz CT molecular complexity index is 174. The van der Waals surface area contributed by atoms with Crippen LogP contribution < -0.4 is 0 Å². The molecule has 1 unspecified atom stereocenters. The van der Waals surface area contributed by atoms with Crippen molar-refractivity contribution in [1.82, 2.24) is 0 Å². The van der Waals surface area contributed by atoms with Crippen LogP contribution in [0, 0.1) is 5.41 Å². The van der Waals surface area contributed by atoms with Crippen LogP contribution in [0.25, 0.3) is 0 Å². The first kappa shape index (κ1) is 7.80. The molecule has 0 aromatic rings. The van der Waals surface area contributed by atoms with E-state index < -0.39 is 0 Å². The number of halogens is 1. The zero-order valence-corrected chi connectivity index (χ0v) is 6.82. The second kappa shape index (κ2) is 2.75. The molecule has 0 fully saturated rings. The van der Waals surface area contributed by atoms with Gasteiger partial charge in [-0.05, 0) is 37.8 Å². The molecule has 0 N–H and O–H groups in total. The summed E-state index contributed by atoms with van der Waals surface area (Å²) in [4.78, 5) is 10.8. The molecule has 10 heavy (non-hydrogen) atoms. The molecule has 2 heteroatoms. The summed E-state index contributed by atoms with van der Waals surface area (Å²) >= 11 is 5.41. The first-order valence-electron chi connectivity index (χ1n) is 3.53.